The molecule has 0 saturated carbocycles. The van der Waals surface area contributed by atoms with Crippen LogP contribution in [0.3, 0.4) is 0 Å². The van der Waals surface area contributed by atoms with Gasteiger partial charge in [-0.25, -0.2) is 0 Å². The molecule has 96 valence electrons. The summed E-state index contributed by atoms with van der Waals surface area (Å²) in [7, 11) is 2.01. The fraction of sp³-hybridized carbons (Fsp3) is 1.00. The first-order valence-corrected chi connectivity index (χ1v) is 6.19. The average molecular weight is 303 g/mol. The van der Waals surface area contributed by atoms with Crippen molar-refractivity contribution in [2.45, 2.75) is 30.4 Å². The van der Waals surface area contributed by atoms with Crippen molar-refractivity contribution in [3.8, 4) is 0 Å². The monoisotopic (exact) mass is 302 g/mol. The van der Waals surface area contributed by atoms with Crippen LogP contribution in [0.1, 0.15) is 13.8 Å². The number of likely N-dealkylation sites (N-methyl/N-ethyl adjacent to an activating group) is 1. The van der Waals surface area contributed by atoms with Gasteiger partial charge in [0.25, 0.3) is 0 Å². The first-order chi connectivity index (χ1) is 7.13. The first-order valence-electron chi connectivity index (χ1n) is 5.27. The van der Waals surface area contributed by atoms with Crippen LogP contribution in [0.25, 0.3) is 0 Å². The zero-order chi connectivity index (χ0) is 12.6. The van der Waals surface area contributed by atoms with Gasteiger partial charge in [-0.05, 0) is 20.9 Å². The summed E-state index contributed by atoms with van der Waals surface area (Å²) in [5, 5.41) is 0. The van der Waals surface area contributed by atoms with Crippen molar-refractivity contribution in [1.29, 1.82) is 0 Å². The molecule has 0 spiro atoms. The molecule has 0 aliphatic carbocycles. The molecule has 1 heterocycles. The Morgan fingerprint density at radius 3 is 2.31 bits per heavy atom. The molecule has 2 nitrogen and oxygen atoms in total. The molecule has 0 aromatic rings. The molecule has 1 saturated heterocycles. The number of nitrogens with zero attached hydrogens (tertiary/aromatic N) is 2. The van der Waals surface area contributed by atoms with Crippen LogP contribution in [0.2, 0.25) is 0 Å². The van der Waals surface area contributed by atoms with Crippen LogP contribution < -0.4 is 0 Å². The van der Waals surface area contributed by atoms with Crippen LogP contribution in [0.4, 0.5) is 13.2 Å². The molecule has 1 fully saturated rings. The predicted octanol–water partition coefficient (Wildman–Crippen LogP) is 2.34. The molecule has 1 atom stereocenters. The van der Waals surface area contributed by atoms with Crippen LogP contribution in [0.5, 0.6) is 0 Å². The van der Waals surface area contributed by atoms with Gasteiger partial charge >= 0.3 is 6.18 Å². The molecule has 1 unspecified atom stereocenters. The smallest absolute Gasteiger partial charge is 0.299 e. The normalized spacial score (nSPS) is 25.7. The second-order valence-corrected chi connectivity index (χ2v) is 6.08. The summed E-state index contributed by atoms with van der Waals surface area (Å²) in [5.41, 5.74) is -0.0590. The van der Waals surface area contributed by atoms with E-state index in [0.717, 1.165) is 6.54 Å². The third-order valence-corrected chi connectivity index (χ3v) is 3.98. The molecule has 0 bridgehead atoms. The maximum absolute atomic E-state index is 12.4. The van der Waals surface area contributed by atoms with Gasteiger partial charge in [0.05, 0.1) is 0 Å². The highest BCUT2D eigenvalue weighted by atomic mass is 79.9. The minimum atomic E-state index is -4.16. The van der Waals surface area contributed by atoms with E-state index in [4.69, 9.17) is 0 Å². The molecule has 16 heavy (non-hydrogen) atoms. The second-order valence-electron chi connectivity index (χ2n) is 4.98. The van der Waals surface area contributed by atoms with Gasteiger partial charge in [-0.15, -0.1) is 0 Å². The number of piperazine rings is 1. The molecule has 0 aromatic heterocycles. The van der Waals surface area contributed by atoms with Crippen molar-refractivity contribution >= 4 is 15.9 Å². The Morgan fingerprint density at radius 2 is 1.88 bits per heavy atom. The molecule has 1 aliphatic rings. The first kappa shape index (κ1) is 14.3. The summed E-state index contributed by atoms with van der Waals surface area (Å²) in [6, 6.07) is 0. The molecular weight excluding hydrogens is 285 g/mol. The number of halogens is 4. The Kier molecular flexibility index (Phi) is 4.29. The molecule has 6 heteroatoms. The maximum Gasteiger partial charge on any atom is 0.402 e. The van der Waals surface area contributed by atoms with E-state index >= 15 is 0 Å². The van der Waals surface area contributed by atoms with Crippen LogP contribution in [0.15, 0.2) is 0 Å². The van der Waals surface area contributed by atoms with Gasteiger partial charge in [0.1, 0.15) is 4.83 Å². The zero-order valence-corrected chi connectivity index (χ0v) is 11.4. The molecule has 1 aliphatic heterocycles. The summed E-state index contributed by atoms with van der Waals surface area (Å²) in [6.07, 6.45) is -4.16. The molecule has 0 radical (unpaired) electrons. The van der Waals surface area contributed by atoms with E-state index in [1.807, 2.05) is 11.9 Å². The Morgan fingerprint density at radius 1 is 1.31 bits per heavy atom. The van der Waals surface area contributed by atoms with Gasteiger partial charge in [0, 0.05) is 31.7 Å². The fourth-order valence-corrected chi connectivity index (χ4v) is 2.24. The average Bonchev–Trinajstić information content (AvgIpc) is 2.09. The van der Waals surface area contributed by atoms with Crippen molar-refractivity contribution in [2.75, 3.05) is 33.2 Å². The van der Waals surface area contributed by atoms with Crippen molar-refractivity contribution in [3.05, 3.63) is 0 Å². The summed E-state index contributed by atoms with van der Waals surface area (Å²) in [4.78, 5) is 2.62. The highest BCUT2D eigenvalue weighted by molar-refractivity contribution is 9.09. The minimum absolute atomic E-state index is 0.0285. The molecule has 1 rings (SSSR count). The Hall–Kier alpha value is 0.190. The standard InChI is InChI=1S/C10H18BrF3N2/c1-9(2)7-16(5-4-15(9)3)6-8(11)10(12,13)14/h8H,4-7H2,1-3H3. The Balaban J connectivity index is 2.52. The van der Waals surface area contributed by atoms with Crippen molar-refractivity contribution in [1.82, 2.24) is 9.80 Å². The van der Waals surface area contributed by atoms with Crippen molar-refractivity contribution in [3.63, 3.8) is 0 Å². The number of hydrogen-bond acceptors (Lipinski definition) is 2. The Labute approximate surface area is 103 Å². The van der Waals surface area contributed by atoms with Crippen LogP contribution in [-0.2, 0) is 0 Å². The lowest BCUT2D eigenvalue weighted by Crippen LogP contribution is -2.58. The largest absolute Gasteiger partial charge is 0.402 e. The zero-order valence-electron chi connectivity index (χ0n) is 9.81. The second kappa shape index (κ2) is 4.82. The SMILES string of the molecule is CN1CCN(CC(Br)C(F)(F)F)CC1(C)C. The summed E-state index contributed by atoms with van der Waals surface area (Å²) < 4.78 is 37.2. The van der Waals surface area contributed by atoms with Gasteiger partial charge in [0.15, 0.2) is 0 Å². The van der Waals surface area contributed by atoms with E-state index in [0.29, 0.717) is 13.1 Å². The minimum Gasteiger partial charge on any atom is -0.299 e. The van der Waals surface area contributed by atoms with Crippen molar-refractivity contribution < 1.29 is 13.2 Å². The van der Waals surface area contributed by atoms with Gasteiger partial charge in [-0.2, -0.15) is 13.2 Å². The van der Waals surface area contributed by atoms with Gasteiger partial charge in [-0.3, -0.25) is 9.80 Å². The van der Waals surface area contributed by atoms with Crippen LogP contribution in [0, 0.1) is 0 Å². The van der Waals surface area contributed by atoms with Crippen LogP contribution in [-0.4, -0.2) is 59.6 Å². The van der Waals surface area contributed by atoms with E-state index < -0.39 is 11.0 Å². The van der Waals surface area contributed by atoms with E-state index in [1.165, 1.54) is 0 Å². The van der Waals surface area contributed by atoms with Gasteiger partial charge in [-0.1, -0.05) is 15.9 Å². The van der Waals surface area contributed by atoms with E-state index in [2.05, 4.69) is 34.7 Å². The van der Waals surface area contributed by atoms with E-state index in [1.54, 1.807) is 0 Å². The Bertz CT molecular complexity index is 243. The third kappa shape index (κ3) is 3.60. The van der Waals surface area contributed by atoms with Gasteiger partial charge < -0.3 is 0 Å². The molecule has 0 N–H and O–H groups in total. The molecular formula is C10H18BrF3N2. The van der Waals surface area contributed by atoms with E-state index in [9.17, 15) is 13.2 Å². The fourth-order valence-electron chi connectivity index (χ4n) is 1.83. The summed E-state index contributed by atoms with van der Waals surface area (Å²) in [6.45, 7) is 6.30. The number of rotatable bonds is 2. The molecule has 0 amide bonds. The lowest BCUT2D eigenvalue weighted by Gasteiger charge is -2.45. The lowest BCUT2D eigenvalue weighted by molar-refractivity contribution is -0.132. The lowest BCUT2D eigenvalue weighted by atomic mass is 10.00. The quantitative estimate of drug-likeness (QED) is 0.723. The van der Waals surface area contributed by atoms with Crippen LogP contribution >= 0.6 is 15.9 Å². The van der Waals surface area contributed by atoms with Gasteiger partial charge in [0.2, 0.25) is 0 Å². The topological polar surface area (TPSA) is 6.48 Å². The predicted molar refractivity (Wildman–Crippen MR) is 61.9 cm³/mol. The van der Waals surface area contributed by atoms with E-state index in [-0.39, 0.29) is 12.1 Å². The number of alkyl halides is 4. The highest BCUT2D eigenvalue weighted by Gasteiger charge is 2.40. The summed E-state index contributed by atoms with van der Waals surface area (Å²) >= 11 is 2.71. The number of hydrogen-bond donors (Lipinski definition) is 0. The third-order valence-electron chi connectivity index (χ3n) is 3.17. The summed E-state index contributed by atoms with van der Waals surface area (Å²) in [5.74, 6) is 0. The van der Waals surface area contributed by atoms with Crippen molar-refractivity contribution in [2.24, 2.45) is 0 Å². The maximum atomic E-state index is 12.4. The highest BCUT2D eigenvalue weighted by Crippen LogP contribution is 2.28. The molecule has 0 aromatic carbocycles.